The highest BCUT2D eigenvalue weighted by Gasteiger charge is 2.37. The van der Waals surface area contributed by atoms with Crippen molar-refractivity contribution in [2.75, 3.05) is 12.0 Å². The Balaban J connectivity index is 4.17. The van der Waals surface area contributed by atoms with Gasteiger partial charge in [0.25, 0.3) is 0 Å². The first-order valence-corrected chi connectivity index (χ1v) is 5.87. The maximum atomic E-state index is 10.5. The molecule has 0 fully saturated rings. The monoisotopic (exact) mass is 305 g/mol. The quantitative estimate of drug-likeness (QED) is 0.606. The summed E-state index contributed by atoms with van der Waals surface area (Å²) in [5.41, 5.74) is 5.45. The molecule has 0 aliphatic heterocycles. The Labute approximate surface area is 86.4 Å². The molecule has 0 aliphatic carbocycles. The SMILES string of the molecule is CSCC(Br)C(N)(Br)C(=O)O. The molecule has 11 heavy (non-hydrogen) atoms. The average molecular weight is 307 g/mol. The van der Waals surface area contributed by atoms with Crippen molar-refractivity contribution in [3.05, 3.63) is 0 Å². The lowest BCUT2D eigenvalue weighted by Gasteiger charge is -2.22. The van der Waals surface area contributed by atoms with Crippen LogP contribution >= 0.6 is 43.6 Å². The summed E-state index contributed by atoms with van der Waals surface area (Å²) in [7, 11) is 0. The van der Waals surface area contributed by atoms with Gasteiger partial charge in [-0.15, -0.1) is 0 Å². The smallest absolute Gasteiger partial charge is 0.336 e. The first kappa shape index (κ1) is 11.7. The van der Waals surface area contributed by atoms with Crippen LogP contribution in [-0.2, 0) is 4.79 Å². The Morgan fingerprint density at radius 3 is 2.64 bits per heavy atom. The lowest BCUT2D eigenvalue weighted by atomic mass is 10.2. The van der Waals surface area contributed by atoms with Gasteiger partial charge in [-0.3, -0.25) is 0 Å². The van der Waals surface area contributed by atoms with Crippen molar-refractivity contribution in [2.24, 2.45) is 5.73 Å². The van der Waals surface area contributed by atoms with Gasteiger partial charge in [0.2, 0.25) is 0 Å². The van der Waals surface area contributed by atoms with Crippen molar-refractivity contribution in [1.29, 1.82) is 0 Å². The molecule has 0 aromatic carbocycles. The lowest BCUT2D eigenvalue weighted by Crippen LogP contribution is -2.50. The molecule has 0 radical (unpaired) electrons. The first-order chi connectivity index (χ1) is 4.92. The van der Waals surface area contributed by atoms with E-state index in [1.807, 2.05) is 6.26 Å². The molecular weight excluding hydrogens is 298 g/mol. The van der Waals surface area contributed by atoms with Crippen molar-refractivity contribution in [1.82, 2.24) is 0 Å². The molecule has 2 unspecified atom stereocenters. The van der Waals surface area contributed by atoms with Gasteiger partial charge in [-0.2, -0.15) is 11.8 Å². The van der Waals surface area contributed by atoms with Crippen LogP contribution in [0, 0.1) is 0 Å². The summed E-state index contributed by atoms with van der Waals surface area (Å²) in [5.74, 6) is -0.415. The Morgan fingerprint density at radius 2 is 2.36 bits per heavy atom. The van der Waals surface area contributed by atoms with Crippen molar-refractivity contribution < 1.29 is 9.90 Å². The van der Waals surface area contributed by atoms with Gasteiger partial charge in [0.1, 0.15) is 0 Å². The number of alkyl halides is 2. The van der Waals surface area contributed by atoms with E-state index in [-0.39, 0.29) is 4.83 Å². The van der Waals surface area contributed by atoms with Crippen molar-refractivity contribution in [3.63, 3.8) is 0 Å². The van der Waals surface area contributed by atoms with E-state index in [2.05, 4.69) is 31.9 Å². The highest BCUT2D eigenvalue weighted by Crippen LogP contribution is 2.25. The van der Waals surface area contributed by atoms with Crippen molar-refractivity contribution in [3.8, 4) is 0 Å². The minimum Gasteiger partial charge on any atom is -0.479 e. The third-order valence-corrected chi connectivity index (χ3v) is 4.74. The van der Waals surface area contributed by atoms with Gasteiger partial charge in [-0.05, 0) is 6.26 Å². The Hall–Kier alpha value is 0.740. The summed E-state index contributed by atoms with van der Waals surface area (Å²) in [4.78, 5) is 10.3. The number of carboxylic acid groups (broad SMARTS) is 1. The van der Waals surface area contributed by atoms with Gasteiger partial charge < -0.3 is 10.8 Å². The van der Waals surface area contributed by atoms with Gasteiger partial charge in [0.15, 0.2) is 4.45 Å². The second-order valence-corrected chi connectivity index (χ2v) is 5.32. The number of carbonyl (C=O) groups is 1. The second kappa shape index (κ2) is 4.69. The van der Waals surface area contributed by atoms with E-state index >= 15 is 0 Å². The lowest BCUT2D eigenvalue weighted by molar-refractivity contribution is -0.139. The maximum absolute atomic E-state index is 10.5. The number of hydrogen-bond acceptors (Lipinski definition) is 3. The van der Waals surface area contributed by atoms with Gasteiger partial charge in [0, 0.05) is 5.75 Å². The molecule has 0 aromatic heterocycles. The number of rotatable bonds is 4. The van der Waals surface area contributed by atoms with E-state index in [1.165, 1.54) is 11.8 Å². The zero-order chi connectivity index (χ0) is 9.07. The first-order valence-electron chi connectivity index (χ1n) is 2.77. The Bertz CT molecular complexity index is 153. The minimum absolute atomic E-state index is 0.275. The van der Waals surface area contributed by atoms with E-state index < -0.39 is 10.4 Å². The van der Waals surface area contributed by atoms with Crippen LogP contribution in [0.25, 0.3) is 0 Å². The fourth-order valence-electron chi connectivity index (χ4n) is 0.402. The predicted octanol–water partition coefficient (Wildman–Crippen LogP) is 1.25. The van der Waals surface area contributed by atoms with E-state index in [4.69, 9.17) is 10.8 Å². The average Bonchev–Trinajstić information content (AvgIpc) is 1.88. The summed E-state index contributed by atoms with van der Waals surface area (Å²) in [6.45, 7) is 0. The zero-order valence-corrected chi connectivity index (χ0v) is 9.87. The normalized spacial score (nSPS) is 18.9. The summed E-state index contributed by atoms with van der Waals surface area (Å²) in [6.07, 6.45) is 1.89. The number of hydrogen-bond donors (Lipinski definition) is 2. The van der Waals surface area contributed by atoms with Crippen LogP contribution in [-0.4, -0.2) is 32.4 Å². The van der Waals surface area contributed by atoms with Crippen LogP contribution in [0.15, 0.2) is 0 Å². The number of aliphatic carboxylic acids is 1. The van der Waals surface area contributed by atoms with Gasteiger partial charge >= 0.3 is 5.97 Å². The van der Waals surface area contributed by atoms with Crippen LogP contribution in [0.3, 0.4) is 0 Å². The third kappa shape index (κ3) is 3.31. The van der Waals surface area contributed by atoms with Crippen LogP contribution in [0.4, 0.5) is 0 Å². The van der Waals surface area contributed by atoms with E-state index in [1.54, 1.807) is 0 Å². The molecule has 3 nitrogen and oxygen atoms in total. The molecule has 6 heteroatoms. The van der Waals surface area contributed by atoms with Crippen LogP contribution < -0.4 is 5.73 Å². The van der Waals surface area contributed by atoms with Crippen LogP contribution in [0.5, 0.6) is 0 Å². The number of thioether (sulfide) groups is 1. The fraction of sp³-hybridized carbons (Fsp3) is 0.800. The van der Waals surface area contributed by atoms with E-state index in [0.29, 0.717) is 5.75 Å². The molecule has 0 amide bonds. The third-order valence-electron chi connectivity index (χ3n) is 1.10. The molecule has 2 atom stereocenters. The molecular formula is C5H9Br2NO2S. The molecule has 0 aliphatic rings. The minimum atomic E-state index is -1.37. The van der Waals surface area contributed by atoms with Crippen LogP contribution in [0.2, 0.25) is 0 Å². The molecule has 0 heterocycles. The largest absolute Gasteiger partial charge is 0.479 e. The molecule has 66 valence electrons. The molecule has 3 N–H and O–H groups in total. The molecule has 0 saturated carbocycles. The van der Waals surface area contributed by atoms with Gasteiger partial charge in [-0.25, -0.2) is 4.79 Å². The van der Waals surface area contributed by atoms with Gasteiger partial charge in [-0.1, -0.05) is 31.9 Å². The molecule has 0 rings (SSSR count). The fourth-order valence-corrected chi connectivity index (χ4v) is 2.32. The van der Waals surface area contributed by atoms with E-state index in [0.717, 1.165) is 0 Å². The summed E-state index contributed by atoms with van der Waals surface area (Å²) >= 11 is 7.65. The highest BCUT2D eigenvalue weighted by molar-refractivity contribution is 9.12. The number of halogens is 2. The second-order valence-electron chi connectivity index (χ2n) is 2.00. The molecule has 0 saturated heterocycles. The summed E-state index contributed by atoms with van der Waals surface area (Å²) in [6, 6.07) is 0. The van der Waals surface area contributed by atoms with Crippen molar-refractivity contribution in [2.45, 2.75) is 9.28 Å². The van der Waals surface area contributed by atoms with Gasteiger partial charge in [0.05, 0.1) is 4.83 Å². The molecule has 0 aromatic rings. The topological polar surface area (TPSA) is 63.3 Å². The number of nitrogens with two attached hydrogens (primary N) is 1. The Kier molecular flexibility index (Phi) is 5.00. The highest BCUT2D eigenvalue weighted by atomic mass is 79.9. The molecule has 0 spiro atoms. The summed E-state index contributed by atoms with van der Waals surface area (Å²) < 4.78 is -1.37. The standard InChI is InChI=1S/C5H9Br2NO2S/c1-11-2-3(6)5(7,8)4(9)10/h3H,2,8H2,1H3,(H,9,10). The number of carboxylic acids is 1. The maximum Gasteiger partial charge on any atom is 0.336 e. The zero-order valence-electron chi connectivity index (χ0n) is 5.88. The van der Waals surface area contributed by atoms with Crippen LogP contribution in [0.1, 0.15) is 0 Å². The summed E-state index contributed by atoms with van der Waals surface area (Å²) in [5, 5.41) is 8.63. The Morgan fingerprint density at radius 1 is 1.91 bits per heavy atom. The van der Waals surface area contributed by atoms with E-state index in [9.17, 15) is 4.79 Å². The predicted molar refractivity (Wildman–Crippen MR) is 54.6 cm³/mol. The van der Waals surface area contributed by atoms with Crippen molar-refractivity contribution >= 4 is 49.6 Å². The molecule has 0 bridgehead atoms.